The van der Waals surface area contributed by atoms with Crippen molar-refractivity contribution in [2.45, 2.75) is 45.7 Å². The number of aromatic nitrogens is 2. The third kappa shape index (κ3) is 4.54. The molecule has 2 heterocycles. The fourth-order valence-electron chi connectivity index (χ4n) is 4.62. The minimum atomic E-state index is -0.548. The van der Waals surface area contributed by atoms with Crippen molar-refractivity contribution in [3.05, 3.63) is 96.0 Å². The molecule has 0 unspecified atom stereocenters. The van der Waals surface area contributed by atoms with Gasteiger partial charge in [-0.25, -0.2) is 4.79 Å². The molecule has 0 bridgehead atoms. The van der Waals surface area contributed by atoms with Gasteiger partial charge in [-0.05, 0) is 74.1 Å². The molecule has 1 aliphatic carbocycles. The Bertz CT molecular complexity index is 1620. The number of halogens is 1. The third-order valence-corrected chi connectivity index (χ3v) is 8.17. The lowest BCUT2D eigenvalue weighted by Gasteiger charge is -2.14. The summed E-state index contributed by atoms with van der Waals surface area (Å²) in [4.78, 5) is 53.4. The van der Waals surface area contributed by atoms with Crippen molar-refractivity contribution in [3.63, 3.8) is 0 Å². The normalized spacial score (nSPS) is 12.9. The van der Waals surface area contributed by atoms with Crippen molar-refractivity contribution in [3.8, 4) is 0 Å². The molecule has 0 saturated carbocycles. The van der Waals surface area contributed by atoms with E-state index in [1.54, 1.807) is 48.5 Å². The zero-order valence-corrected chi connectivity index (χ0v) is 21.2. The van der Waals surface area contributed by atoms with E-state index < -0.39 is 11.6 Å². The van der Waals surface area contributed by atoms with Crippen LogP contribution in [-0.4, -0.2) is 20.8 Å². The Kier molecular flexibility index (Phi) is 6.64. The van der Waals surface area contributed by atoms with Crippen LogP contribution in [0.15, 0.2) is 58.1 Å². The Balaban J connectivity index is 1.57. The lowest BCUT2D eigenvalue weighted by molar-refractivity contribution is -0.116. The van der Waals surface area contributed by atoms with Gasteiger partial charge in [-0.3, -0.25) is 23.5 Å². The SMILES string of the molecule is CC(=O)c1ccc(NC(=O)Cn2c(=O)n(Cc3ccccc3Cl)c(=O)c3c4c(sc32)CCCC4)cc1. The van der Waals surface area contributed by atoms with Crippen LogP contribution in [-0.2, 0) is 30.7 Å². The summed E-state index contributed by atoms with van der Waals surface area (Å²) >= 11 is 7.76. The van der Waals surface area contributed by atoms with Crippen LogP contribution in [0.4, 0.5) is 5.69 Å². The molecule has 2 aromatic carbocycles. The van der Waals surface area contributed by atoms with E-state index in [9.17, 15) is 19.2 Å². The average Bonchev–Trinajstić information content (AvgIpc) is 3.25. The van der Waals surface area contributed by atoms with Crippen molar-refractivity contribution in [1.29, 1.82) is 0 Å². The quantitative estimate of drug-likeness (QED) is 0.374. The maximum Gasteiger partial charge on any atom is 0.332 e. The summed E-state index contributed by atoms with van der Waals surface area (Å²) in [5, 5.41) is 3.78. The van der Waals surface area contributed by atoms with Crippen LogP contribution >= 0.6 is 22.9 Å². The Labute approximate surface area is 216 Å². The predicted molar refractivity (Wildman–Crippen MR) is 143 cm³/mol. The zero-order valence-electron chi connectivity index (χ0n) is 19.7. The standard InChI is InChI=1S/C27H24ClN3O4S/c1-16(32)17-10-12-19(13-11-17)29-23(33)15-31-26-24(20-7-3-5-9-22(20)36-26)25(34)30(27(31)35)14-18-6-2-4-8-21(18)28/h2,4,6,8,10-13H,3,5,7,9,14-15H2,1H3,(H,29,33). The Hall–Kier alpha value is -3.49. The van der Waals surface area contributed by atoms with Crippen LogP contribution in [0.2, 0.25) is 5.02 Å². The van der Waals surface area contributed by atoms with Crippen molar-refractivity contribution < 1.29 is 9.59 Å². The number of ketones is 1. The van der Waals surface area contributed by atoms with Crippen molar-refractivity contribution >= 4 is 50.5 Å². The summed E-state index contributed by atoms with van der Waals surface area (Å²) < 4.78 is 2.58. The summed E-state index contributed by atoms with van der Waals surface area (Å²) in [6, 6.07) is 13.7. The lowest BCUT2D eigenvalue weighted by atomic mass is 9.97. The number of carbonyl (C=O) groups excluding carboxylic acids is 2. The monoisotopic (exact) mass is 521 g/mol. The molecule has 9 heteroatoms. The average molecular weight is 522 g/mol. The molecule has 0 atom stereocenters. The van der Waals surface area contributed by atoms with Crippen LogP contribution in [0.5, 0.6) is 0 Å². The maximum absolute atomic E-state index is 13.6. The number of benzene rings is 2. The molecule has 2 aromatic heterocycles. The molecule has 0 spiro atoms. The van der Waals surface area contributed by atoms with Crippen LogP contribution in [0.1, 0.15) is 46.1 Å². The Morgan fingerprint density at radius 1 is 1.00 bits per heavy atom. The van der Waals surface area contributed by atoms with Gasteiger partial charge in [-0.1, -0.05) is 29.8 Å². The van der Waals surface area contributed by atoms with E-state index in [1.807, 2.05) is 0 Å². The fraction of sp³-hybridized carbons (Fsp3) is 0.259. The summed E-state index contributed by atoms with van der Waals surface area (Å²) in [5.41, 5.74) is 1.82. The Morgan fingerprint density at radius 2 is 1.72 bits per heavy atom. The van der Waals surface area contributed by atoms with Gasteiger partial charge in [0.1, 0.15) is 11.4 Å². The second-order valence-corrected chi connectivity index (χ2v) is 10.4. The highest BCUT2D eigenvalue weighted by atomic mass is 35.5. The van der Waals surface area contributed by atoms with Gasteiger partial charge in [0, 0.05) is 21.2 Å². The molecule has 7 nitrogen and oxygen atoms in total. The number of amides is 1. The van der Waals surface area contributed by atoms with Gasteiger partial charge in [0.15, 0.2) is 5.78 Å². The first kappa shape index (κ1) is 24.2. The van der Waals surface area contributed by atoms with E-state index in [0.29, 0.717) is 32.1 Å². The van der Waals surface area contributed by atoms with E-state index in [1.165, 1.54) is 27.4 Å². The Morgan fingerprint density at radius 3 is 2.44 bits per heavy atom. The molecule has 0 fully saturated rings. The number of aryl methyl sites for hydroxylation is 2. The highest BCUT2D eigenvalue weighted by Crippen LogP contribution is 2.34. The third-order valence-electron chi connectivity index (χ3n) is 6.48. The minimum absolute atomic E-state index is 0.0199. The van der Waals surface area contributed by atoms with Crippen LogP contribution in [0.25, 0.3) is 10.2 Å². The largest absolute Gasteiger partial charge is 0.332 e. The second-order valence-electron chi connectivity index (χ2n) is 8.92. The van der Waals surface area contributed by atoms with Gasteiger partial charge >= 0.3 is 5.69 Å². The van der Waals surface area contributed by atoms with Crippen LogP contribution in [0, 0.1) is 0 Å². The van der Waals surface area contributed by atoms with Crippen molar-refractivity contribution in [1.82, 2.24) is 9.13 Å². The molecule has 36 heavy (non-hydrogen) atoms. The first-order chi connectivity index (χ1) is 17.3. The molecule has 1 N–H and O–H groups in total. The smallest absolute Gasteiger partial charge is 0.325 e. The first-order valence-electron chi connectivity index (χ1n) is 11.8. The topological polar surface area (TPSA) is 90.2 Å². The van der Waals surface area contributed by atoms with Gasteiger partial charge < -0.3 is 5.32 Å². The maximum atomic E-state index is 13.6. The lowest BCUT2D eigenvalue weighted by Crippen LogP contribution is -2.41. The summed E-state index contributed by atoms with van der Waals surface area (Å²) in [7, 11) is 0. The van der Waals surface area contributed by atoms with Crippen molar-refractivity contribution in [2.24, 2.45) is 0 Å². The van der Waals surface area contributed by atoms with Gasteiger partial charge in [-0.2, -0.15) is 0 Å². The van der Waals surface area contributed by atoms with E-state index >= 15 is 0 Å². The molecule has 0 aliphatic heterocycles. The molecule has 0 saturated heterocycles. The molecular weight excluding hydrogens is 498 g/mol. The fourth-order valence-corrected chi connectivity index (χ4v) is 6.19. The summed E-state index contributed by atoms with van der Waals surface area (Å²) in [6.45, 7) is 1.25. The predicted octanol–water partition coefficient (Wildman–Crippen LogP) is 4.65. The van der Waals surface area contributed by atoms with Crippen LogP contribution < -0.4 is 16.6 Å². The van der Waals surface area contributed by atoms with Gasteiger partial charge in [0.2, 0.25) is 5.91 Å². The molecule has 1 amide bonds. The van der Waals surface area contributed by atoms with E-state index in [-0.39, 0.29) is 24.4 Å². The number of nitrogens with one attached hydrogen (secondary N) is 1. The van der Waals surface area contributed by atoms with Gasteiger partial charge in [0.05, 0.1) is 11.9 Å². The highest BCUT2D eigenvalue weighted by Gasteiger charge is 2.24. The number of Topliss-reactive ketones (excluding diaryl/α,β-unsaturated/α-hetero) is 1. The number of rotatable bonds is 6. The number of hydrogen-bond donors (Lipinski definition) is 1. The van der Waals surface area contributed by atoms with Crippen LogP contribution in [0.3, 0.4) is 0 Å². The number of hydrogen-bond acceptors (Lipinski definition) is 5. The number of thiophene rings is 1. The molecule has 0 radical (unpaired) electrons. The molecule has 4 aromatic rings. The zero-order chi connectivity index (χ0) is 25.4. The summed E-state index contributed by atoms with van der Waals surface area (Å²) in [6.07, 6.45) is 3.67. The number of fused-ring (bicyclic) bond motifs is 3. The molecule has 184 valence electrons. The minimum Gasteiger partial charge on any atom is -0.325 e. The number of nitrogens with zero attached hydrogens (tertiary/aromatic N) is 2. The second kappa shape index (κ2) is 9.87. The highest BCUT2D eigenvalue weighted by molar-refractivity contribution is 7.18. The summed E-state index contributed by atoms with van der Waals surface area (Å²) in [5.74, 6) is -0.465. The molecule has 1 aliphatic rings. The first-order valence-corrected chi connectivity index (χ1v) is 12.9. The molecular formula is C27H24ClN3O4S. The van der Waals surface area contributed by atoms with E-state index in [0.717, 1.165) is 36.1 Å². The van der Waals surface area contributed by atoms with Gasteiger partial charge in [-0.15, -0.1) is 11.3 Å². The van der Waals surface area contributed by atoms with E-state index in [4.69, 9.17) is 11.6 Å². The number of carbonyl (C=O) groups is 2. The molecule has 5 rings (SSSR count). The van der Waals surface area contributed by atoms with Crippen molar-refractivity contribution in [2.75, 3.05) is 5.32 Å². The number of anilines is 1. The van der Waals surface area contributed by atoms with E-state index in [2.05, 4.69) is 5.32 Å². The van der Waals surface area contributed by atoms with Gasteiger partial charge in [0.25, 0.3) is 5.56 Å².